The van der Waals surface area contributed by atoms with Crippen LogP contribution < -0.4 is 10.7 Å². The first-order valence-corrected chi connectivity index (χ1v) is 7.48. The van der Waals surface area contributed by atoms with Gasteiger partial charge in [0.15, 0.2) is 6.17 Å². The summed E-state index contributed by atoms with van der Waals surface area (Å²) in [6, 6.07) is 12.9. The van der Waals surface area contributed by atoms with Gasteiger partial charge in [-0.15, -0.1) is 0 Å². The predicted molar refractivity (Wildman–Crippen MR) is 85.5 cm³/mol. The first-order valence-electron chi connectivity index (χ1n) is 7.48. The number of halogens is 1. The van der Waals surface area contributed by atoms with Crippen molar-refractivity contribution in [1.29, 1.82) is 0 Å². The van der Waals surface area contributed by atoms with E-state index in [0.29, 0.717) is 11.3 Å². The summed E-state index contributed by atoms with van der Waals surface area (Å²) >= 11 is 0. The molecule has 0 unspecified atom stereocenters. The number of benzene rings is 2. The van der Waals surface area contributed by atoms with Crippen LogP contribution in [0.25, 0.3) is 0 Å². The summed E-state index contributed by atoms with van der Waals surface area (Å²) in [6.45, 7) is 1.81. The molecule has 1 aliphatic rings. The number of para-hydroxylation sites is 1. The zero-order chi connectivity index (χ0) is 17.1. The number of carbonyl (C=O) groups is 2. The molecule has 0 aromatic heterocycles. The zero-order valence-corrected chi connectivity index (χ0v) is 13.0. The summed E-state index contributed by atoms with van der Waals surface area (Å²) in [7, 11) is 0. The Morgan fingerprint density at radius 2 is 1.96 bits per heavy atom. The second kappa shape index (κ2) is 6.57. The lowest BCUT2D eigenvalue weighted by atomic mass is 10.0. The summed E-state index contributed by atoms with van der Waals surface area (Å²) < 4.78 is 19.0. The van der Waals surface area contributed by atoms with Gasteiger partial charge in [-0.2, -0.15) is 0 Å². The van der Waals surface area contributed by atoms with Gasteiger partial charge < -0.3 is 10.1 Å². The molecule has 0 aliphatic carbocycles. The maximum Gasteiger partial charge on any atom is 0.426 e. The fourth-order valence-corrected chi connectivity index (χ4v) is 2.55. The van der Waals surface area contributed by atoms with Gasteiger partial charge in [-0.3, -0.25) is 4.79 Å². The van der Waals surface area contributed by atoms with Gasteiger partial charge in [0.25, 0.3) is 5.91 Å². The molecule has 2 N–H and O–H groups in total. The van der Waals surface area contributed by atoms with E-state index in [2.05, 4.69) is 10.7 Å². The Morgan fingerprint density at radius 1 is 1.25 bits per heavy atom. The van der Waals surface area contributed by atoms with E-state index in [0.717, 1.165) is 5.01 Å². The molecule has 1 heterocycles. The van der Waals surface area contributed by atoms with Crippen molar-refractivity contribution in [3.63, 3.8) is 0 Å². The van der Waals surface area contributed by atoms with Crippen LogP contribution in [0.4, 0.5) is 14.9 Å². The highest BCUT2D eigenvalue weighted by Gasteiger charge is 2.35. The Bertz CT molecular complexity index is 781. The molecule has 0 radical (unpaired) electrons. The van der Waals surface area contributed by atoms with Crippen molar-refractivity contribution >= 4 is 17.7 Å². The molecule has 6 nitrogen and oxygen atoms in total. The SMILES string of the molecule is CCOC(=O)NN1C(=O)c2ccccc2N[C@@H]1c1ccccc1F. The number of nitrogens with one attached hydrogen (secondary N) is 2. The topological polar surface area (TPSA) is 70.7 Å². The van der Waals surface area contributed by atoms with Crippen molar-refractivity contribution < 1.29 is 18.7 Å². The molecule has 2 amide bonds. The average molecular weight is 329 g/mol. The van der Waals surface area contributed by atoms with Gasteiger partial charge in [0.2, 0.25) is 0 Å². The fraction of sp³-hybridized carbons (Fsp3) is 0.176. The molecule has 0 bridgehead atoms. The number of rotatable bonds is 3. The van der Waals surface area contributed by atoms with Crippen LogP contribution in [0.2, 0.25) is 0 Å². The molecule has 2 aromatic carbocycles. The summed E-state index contributed by atoms with van der Waals surface area (Å²) in [4.78, 5) is 24.5. The second-order valence-corrected chi connectivity index (χ2v) is 5.12. The van der Waals surface area contributed by atoms with E-state index in [9.17, 15) is 14.0 Å². The third kappa shape index (κ3) is 2.88. The highest BCUT2D eigenvalue weighted by Crippen LogP contribution is 2.32. The molecule has 3 rings (SSSR count). The van der Waals surface area contributed by atoms with Gasteiger partial charge in [0.1, 0.15) is 5.82 Å². The molecule has 1 aliphatic heterocycles. The number of anilines is 1. The van der Waals surface area contributed by atoms with Crippen LogP contribution in [0.5, 0.6) is 0 Å². The maximum absolute atomic E-state index is 14.2. The standard InChI is InChI=1S/C17H16FN3O3/c1-2-24-17(23)20-21-15(11-7-3-5-9-13(11)18)19-14-10-6-4-8-12(14)16(21)22/h3-10,15,19H,2H2,1H3,(H,20,23)/t15-/m0/s1. The number of hydrogen-bond donors (Lipinski definition) is 2. The highest BCUT2D eigenvalue weighted by molar-refractivity contribution is 6.02. The zero-order valence-electron chi connectivity index (χ0n) is 13.0. The van der Waals surface area contributed by atoms with Crippen molar-refractivity contribution in [2.24, 2.45) is 0 Å². The average Bonchev–Trinajstić information content (AvgIpc) is 2.58. The predicted octanol–water partition coefficient (Wildman–Crippen LogP) is 3.05. The van der Waals surface area contributed by atoms with Gasteiger partial charge in [-0.25, -0.2) is 19.6 Å². The van der Waals surface area contributed by atoms with E-state index in [1.807, 2.05) is 0 Å². The van der Waals surface area contributed by atoms with Crippen LogP contribution in [0.1, 0.15) is 29.0 Å². The lowest BCUT2D eigenvalue weighted by Gasteiger charge is -2.37. The van der Waals surface area contributed by atoms with Crippen LogP contribution in [-0.4, -0.2) is 23.6 Å². The number of nitrogens with zero attached hydrogens (tertiary/aromatic N) is 1. The van der Waals surface area contributed by atoms with Crippen molar-refractivity contribution in [2.75, 3.05) is 11.9 Å². The van der Waals surface area contributed by atoms with E-state index >= 15 is 0 Å². The van der Waals surface area contributed by atoms with Gasteiger partial charge in [-0.05, 0) is 25.1 Å². The molecule has 0 fully saturated rings. The Balaban J connectivity index is 2.02. The summed E-state index contributed by atoms with van der Waals surface area (Å²) in [6.07, 6.45) is -1.67. The number of fused-ring (bicyclic) bond motifs is 1. The monoisotopic (exact) mass is 329 g/mol. The Hall–Kier alpha value is -3.09. The molecule has 7 heteroatoms. The molecule has 0 saturated heterocycles. The Labute approximate surface area is 138 Å². The summed E-state index contributed by atoms with van der Waals surface area (Å²) in [5, 5.41) is 4.12. The van der Waals surface area contributed by atoms with E-state index in [1.54, 1.807) is 49.4 Å². The van der Waals surface area contributed by atoms with Gasteiger partial charge in [0.05, 0.1) is 12.2 Å². The lowest BCUT2D eigenvalue weighted by molar-refractivity contribution is 0.0502. The van der Waals surface area contributed by atoms with Crippen LogP contribution in [0.3, 0.4) is 0 Å². The molecular formula is C17H16FN3O3. The number of amides is 2. The molecule has 0 saturated carbocycles. The highest BCUT2D eigenvalue weighted by atomic mass is 19.1. The number of hydrogen-bond acceptors (Lipinski definition) is 4. The number of hydrazine groups is 1. The van der Waals surface area contributed by atoms with Crippen LogP contribution in [0, 0.1) is 5.82 Å². The van der Waals surface area contributed by atoms with E-state index < -0.39 is 24.0 Å². The first kappa shape index (κ1) is 15.8. The van der Waals surface area contributed by atoms with Crippen LogP contribution in [0.15, 0.2) is 48.5 Å². The summed E-state index contributed by atoms with van der Waals surface area (Å²) in [5.74, 6) is -0.941. The molecule has 124 valence electrons. The smallest absolute Gasteiger partial charge is 0.426 e. The van der Waals surface area contributed by atoms with Gasteiger partial charge in [-0.1, -0.05) is 30.3 Å². The third-order valence-electron chi connectivity index (χ3n) is 3.61. The number of carbonyl (C=O) groups excluding carboxylic acids is 2. The van der Waals surface area contributed by atoms with Gasteiger partial charge in [0, 0.05) is 11.3 Å². The lowest BCUT2D eigenvalue weighted by Crippen LogP contribution is -2.53. The quantitative estimate of drug-likeness (QED) is 0.908. The molecule has 0 spiro atoms. The molecule has 24 heavy (non-hydrogen) atoms. The maximum atomic E-state index is 14.2. The minimum Gasteiger partial charge on any atom is -0.449 e. The van der Waals surface area contributed by atoms with E-state index in [1.165, 1.54) is 6.07 Å². The van der Waals surface area contributed by atoms with Gasteiger partial charge >= 0.3 is 6.09 Å². The third-order valence-corrected chi connectivity index (χ3v) is 3.61. The Kier molecular flexibility index (Phi) is 4.33. The normalized spacial score (nSPS) is 16.2. The fourth-order valence-electron chi connectivity index (χ4n) is 2.55. The van der Waals surface area contributed by atoms with Crippen molar-refractivity contribution in [1.82, 2.24) is 10.4 Å². The van der Waals surface area contributed by atoms with Crippen molar-refractivity contribution in [3.05, 3.63) is 65.5 Å². The Morgan fingerprint density at radius 3 is 2.71 bits per heavy atom. The first-order chi connectivity index (χ1) is 11.6. The molecular weight excluding hydrogens is 313 g/mol. The van der Waals surface area contributed by atoms with Crippen LogP contribution in [-0.2, 0) is 4.74 Å². The second-order valence-electron chi connectivity index (χ2n) is 5.12. The minimum absolute atomic E-state index is 0.155. The van der Waals surface area contributed by atoms with Crippen LogP contribution >= 0.6 is 0 Å². The molecule has 1 atom stereocenters. The van der Waals surface area contributed by atoms with E-state index in [-0.39, 0.29) is 12.2 Å². The number of ether oxygens (including phenoxy) is 1. The minimum atomic E-state index is -0.891. The van der Waals surface area contributed by atoms with Crippen molar-refractivity contribution in [3.8, 4) is 0 Å². The van der Waals surface area contributed by atoms with Crippen molar-refractivity contribution in [2.45, 2.75) is 13.1 Å². The summed E-state index contributed by atoms with van der Waals surface area (Å²) in [5.41, 5.74) is 3.56. The largest absolute Gasteiger partial charge is 0.449 e. The van der Waals surface area contributed by atoms with E-state index in [4.69, 9.17) is 4.74 Å². The molecule has 2 aromatic rings.